The van der Waals surface area contributed by atoms with Crippen LogP contribution in [0.25, 0.3) is 0 Å². The number of hydrogen-bond donors (Lipinski definition) is 1. The van der Waals surface area contributed by atoms with Crippen molar-refractivity contribution in [2.45, 2.75) is 68.5 Å². The third-order valence-electron chi connectivity index (χ3n) is 3.91. The fraction of sp³-hybridized carbons (Fsp3) is 0.625. The first kappa shape index (κ1) is 15.7. The number of aliphatic hydroxyl groups excluding tert-OH is 1. The van der Waals surface area contributed by atoms with E-state index in [0.717, 1.165) is 29.7 Å². The summed E-state index contributed by atoms with van der Waals surface area (Å²) in [4.78, 5) is -0.152. The van der Waals surface area contributed by atoms with Gasteiger partial charge in [-0.05, 0) is 31.9 Å². The van der Waals surface area contributed by atoms with Gasteiger partial charge in [0.15, 0.2) is 4.93 Å². The Morgan fingerprint density at radius 1 is 1.35 bits per heavy atom. The van der Waals surface area contributed by atoms with E-state index in [1.54, 1.807) is 0 Å². The number of unbranched alkanes of at least 4 members (excludes halogenated alkanes) is 1. The molecule has 1 heterocycles. The first-order valence-electron chi connectivity index (χ1n) is 7.40. The van der Waals surface area contributed by atoms with Gasteiger partial charge in [0, 0.05) is 4.90 Å². The van der Waals surface area contributed by atoms with E-state index in [2.05, 4.69) is 6.92 Å². The first-order valence-corrected chi connectivity index (χ1v) is 8.55. The molecule has 20 heavy (non-hydrogen) atoms. The van der Waals surface area contributed by atoms with E-state index in [1.165, 1.54) is 0 Å². The number of aliphatic hydroxyl groups is 1. The third-order valence-corrected chi connectivity index (χ3v) is 5.82. The van der Waals surface area contributed by atoms with Crippen LogP contribution in [0.3, 0.4) is 0 Å². The Bertz CT molecular complexity index is 471. The van der Waals surface area contributed by atoms with Crippen LogP contribution < -0.4 is 0 Å². The zero-order valence-corrected chi connectivity index (χ0v) is 13.3. The minimum Gasteiger partial charge on any atom is -0.389 e. The molecule has 1 aromatic carbocycles. The molecule has 1 aliphatic rings. The van der Waals surface area contributed by atoms with Crippen molar-refractivity contribution < 1.29 is 14.1 Å². The van der Waals surface area contributed by atoms with E-state index in [0.29, 0.717) is 6.42 Å². The standard InChI is InChI=1S/C16H24O3S/c1-4-6-7-15-16(19-15,14(17)5-2)20(18)13-10-8-12(3)9-11-13/h8-11,14-15,17H,4-7H2,1-3H3/t14-,15-,16+,20-/m0/s1. The highest BCUT2D eigenvalue weighted by atomic mass is 32.2. The fourth-order valence-corrected chi connectivity index (χ4v) is 4.27. The Morgan fingerprint density at radius 2 is 2.00 bits per heavy atom. The number of benzene rings is 1. The van der Waals surface area contributed by atoms with Gasteiger partial charge in [-0.3, -0.25) is 4.21 Å². The zero-order valence-electron chi connectivity index (χ0n) is 12.5. The van der Waals surface area contributed by atoms with Crippen LogP contribution in [0.1, 0.15) is 45.1 Å². The molecule has 1 N–H and O–H groups in total. The van der Waals surface area contributed by atoms with Gasteiger partial charge in [0.25, 0.3) is 0 Å². The average Bonchev–Trinajstić information content (AvgIpc) is 3.20. The summed E-state index contributed by atoms with van der Waals surface area (Å²) in [7, 11) is -1.33. The van der Waals surface area contributed by atoms with Gasteiger partial charge in [0.05, 0.1) is 16.9 Å². The zero-order chi connectivity index (χ0) is 14.8. The smallest absolute Gasteiger partial charge is 0.199 e. The minimum atomic E-state index is -1.33. The second-order valence-corrected chi connectivity index (χ2v) is 7.12. The number of rotatable bonds is 7. The second kappa shape index (κ2) is 6.37. The molecule has 0 radical (unpaired) electrons. The van der Waals surface area contributed by atoms with Crippen molar-refractivity contribution in [1.82, 2.24) is 0 Å². The van der Waals surface area contributed by atoms with Crippen LogP contribution in [-0.2, 0) is 15.5 Å². The molecule has 0 saturated carbocycles. The van der Waals surface area contributed by atoms with Gasteiger partial charge in [0.2, 0.25) is 0 Å². The molecule has 0 unspecified atom stereocenters. The van der Waals surface area contributed by atoms with E-state index >= 15 is 0 Å². The summed E-state index contributed by atoms with van der Waals surface area (Å²) in [5.41, 5.74) is 1.13. The number of epoxide rings is 1. The first-order chi connectivity index (χ1) is 9.56. The number of hydrogen-bond acceptors (Lipinski definition) is 3. The van der Waals surface area contributed by atoms with Crippen LogP contribution in [0.2, 0.25) is 0 Å². The SMILES string of the molecule is CCCC[C@@H]1O[C@]1([C@@H](O)CC)[S@@](=O)c1ccc(C)cc1. The van der Waals surface area contributed by atoms with Crippen molar-refractivity contribution in [3.63, 3.8) is 0 Å². The molecule has 1 saturated heterocycles. The minimum absolute atomic E-state index is 0.0838. The molecule has 0 aromatic heterocycles. The highest BCUT2D eigenvalue weighted by molar-refractivity contribution is 7.86. The van der Waals surface area contributed by atoms with E-state index < -0.39 is 21.8 Å². The predicted octanol–water partition coefficient (Wildman–Crippen LogP) is 3.16. The lowest BCUT2D eigenvalue weighted by atomic mass is 10.1. The van der Waals surface area contributed by atoms with Crippen LogP contribution in [-0.4, -0.2) is 26.5 Å². The highest BCUT2D eigenvalue weighted by Gasteiger charge is 2.65. The van der Waals surface area contributed by atoms with Crippen LogP contribution in [0.4, 0.5) is 0 Å². The summed E-state index contributed by atoms with van der Waals surface area (Å²) in [6, 6.07) is 7.63. The molecule has 2 rings (SSSR count). The van der Waals surface area contributed by atoms with Crippen molar-refractivity contribution >= 4 is 10.8 Å². The van der Waals surface area contributed by atoms with Crippen molar-refractivity contribution in [2.24, 2.45) is 0 Å². The monoisotopic (exact) mass is 296 g/mol. The normalized spacial score (nSPS) is 28.1. The molecule has 0 aliphatic carbocycles. The molecule has 1 fully saturated rings. The molecule has 4 atom stereocenters. The van der Waals surface area contributed by atoms with Crippen LogP contribution in [0, 0.1) is 6.92 Å². The highest BCUT2D eigenvalue weighted by Crippen LogP contribution is 2.48. The van der Waals surface area contributed by atoms with Gasteiger partial charge >= 0.3 is 0 Å². The Hall–Kier alpha value is -0.710. The van der Waals surface area contributed by atoms with Crippen LogP contribution >= 0.6 is 0 Å². The number of aryl methyl sites for hydroxylation is 1. The molecule has 3 nitrogen and oxygen atoms in total. The summed E-state index contributed by atoms with van der Waals surface area (Å²) >= 11 is 0. The third kappa shape index (κ3) is 2.83. The molecule has 0 amide bonds. The molecule has 4 heteroatoms. The van der Waals surface area contributed by atoms with Crippen molar-refractivity contribution in [1.29, 1.82) is 0 Å². The molecular weight excluding hydrogens is 272 g/mol. The lowest BCUT2D eigenvalue weighted by molar-refractivity contribution is 0.114. The Morgan fingerprint density at radius 3 is 2.55 bits per heavy atom. The summed E-state index contributed by atoms with van der Waals surface area (Å²) in [5.74, 6) is 0. The average molecular weight is 296 g/mol. The Labute approximate surface area is 123 Å². The maximum absolute atomic E-state index is 12.8. The van der Waals surface area contributed by atoms with E-state index in [-0.39, 0.29) is 6.10 Å². The van der Waals surface area contributed by atoms with Gasteiger partial charge in [-0.15, -0.1) is 0 Å². The number of ether oxygens (including phenoxy) is 1. The molecular formula is C16H24O3S. The summed E-state index contributed by atoms with van der Waals surface area (Å²) in [6.07, 6.45) is 2.78. The quantitative estimate of drug-likeness (QED) is 0.786. The van der Waals surface area contributed by atoms with Crippen LogP contribution in [0.15, 0.2) is 29.2 Å². The van der Waals surface area contributed by atoms with Crippen molar-refractivity contribution in [3.8, 4) is 0 Å². The summed E-state index contributed by atoms with van der Waals surface area (Å²) in [5, 5.41) is 10.3. The van der Waals surface area contributed by atoms with Gasteiger partial charge in [0.1, 0.15) is 6.10 Å². The Kier molecular flexibility index (Phi) is 4.99. The second-order valence-electron chi connectivity index (χ2n) is 5.48. The topological polar surface area (TPSA) is 49.8 Å². The van der Waals surface area contributed by atoms with Crippen LogP contribution in [0.5, 0.6) is 0 Å². The Balaban J connectivity index is 2.20. The maximum atomic E-state index is 12.8. The van der Waals surface area contributed by atoms with Gasteiger partial charge < -0.3 is 9.84 Å². The van der Waals surface area contributed by atoms with Gasteiger partial charge in [-0.2, -0.15) is 0 Å². The van der Waals surface area contributed by atoms with E-state index in [1.807, 2.05) is 38.1 Å². The fourth-order valence-electron chi connectivity index (χ4n) is 2.55. The molecule has 112 valence electrons. The molecule has 0 bridgehead atoms. The maximum Gasteiger partial charge on any atom is 0.199 e. The largest absolute Gasteiger partial charge is 0.389 e. The van der Waals surface area contributed by atoms with Crippen molar-refractivity contribution in [3.05, 3.63) is 29.8 Å². The van der Waals surface area contributed by atoms with E-state index in [9.17, 15) is 9.32 Å². The van der Waals surface area contributed by atoms with Crippen molar-refractivity contribution in [2.75, 3.05) is 0 Å². The van der Waals surface area contributed by atoms with Gasteiger partial charge in [-0.1, -0.05) is 44.4 Å². The molecule has 1 aliphatic heterocycles. The van der Waals surface area contributed by atoms with E-state index in [4.69, 9.17) is 4.74 Å². The van der Waals surface area contributed by atoms with Gasteiger partial charge in [-0.25, -0.2) is 0 Å². The molecule has 1 aromatic rings. The predicted molar refractivity (Wildman–Crippen MR) is 81.0 cm³/mol. The molecule has 0 spiro atoms. The lowest BCUT2D eigenvalue weighted by Crippen LogP contribution is -2.36. The summed E-state index contributed by atoms with van der Waals surface area (Å²) < 4.78 is 18.6. The summed E-state index contributed by atoms with van der Waals surface area (Å²) in [6.45, 7) is 6.02. The lowest BCUT2D eigenvalue weighted by Gasteiger charge is -2.18.